The molecule has 0 spiro atoms. The molecule has 2 aromatic carbocycles. The summed E-state index contributed by atoms with van der Waals surface area (Å²) in [6.07, 6.45) is 5.11. The molecule has 1 heteroatoms. The molecular weight excluding hydrogens is 422 g/mol. The maximum Gasteiger partial charge on any atom is 0.0305 e. The van der Waals surface area contributed by atoms with Crippen LogP contribution in [0.3, 0.4) is 0 Å². The van der Waals surface area contributed by atoms with E-state index in [2.05, 4.69) is 124 Å². The highest BCUT2D eigenvalue weighted by atomic mass is 14.6. The van der Waals surface area contributed by atoms with Gasteiger partial charge in [-0.15, -0.1) is 0 Å². The number of nitrogens with zero attached hydrogens (tertiary/aromatic N) is 1. The van der Waals surface area contributed by atoms with E-state index in [0.717, 1.165) is 6.42 Å². The van der Waals surface area contributed by atoms with Crippen LogP contribution in [0.2, 0.25) is 0 Å². The zero-order valence-corrected chi connectivity index (χ0v) is 23.9. The van der Waals surface area contributed by atoms with Gasteiger partial charge in [-0.3, -0.25) is 4.98 Å². The van der Waals surface area contributed by atoms with Gasteiger partial charge in [0.05, 0.1) is 0 Å². The molecule has 35 heavy (non-hydrogen) atoms. The first kappa shape index (κ1) is 25.7. The van der Waals surface area contributed by atoms with Crippen LogP contribution >= 0.6 is 0 Å². The van der Waals surface area contributed by atoms with Gasteiger partial charge >= 0.3 is 0 Å². The number of aromatic nitrogens is 1. The van der Waals surface area contributed by atoms with Crippen LogP contribution in [-0.2, 0) is 22.7 Å². The molecule has 1 unspecified atom stereocenters. The minimum atomic E-state index is -0.0165. The minimum absolute atomic E-state index is 0.0165. The molecule has 0 bridgehead atoms. The van der Waals surface area contributed by atoms with Crippen molar-refractivity contribution in [3.63, 3.8) is 0 Å². The average molecular weight is 468 g/mol. The van der Waals surface area contributed by atoms with E-state index in [1.54, 1.807) is 0 Å². The van der Waals surface area contributed by atoms with Crippen molar-refractivity contribution in [2.75, 3.05) is 0 Å². The smallest absolute Gasteiger partial charge is 0.0305 e. The summed E-state index contributed by atoms with van der Waals surface area (Å²) >= 11 is 0. The Morgan fingerprint density at radius 2 is 1.51 bits per heavy atom. The second-order valence-electron chi connectivity index (χ2n) is 13.7. The van der Waals surface area contributed by atoms with Crippen LogP contribution in [-0.4, -0.2) is 4.98 Å². The maximum absolute atomic E-state index is 4.61. The molecule has 4 rings (SSSR count). The second-order valence-corrected chi connectivity index (χ2v) is 13.7. The van der Waals surface area contributed by atoms with E-state index in [-0.39, 0.29) is 16.2 Å². The van der Waals surface area contributed by atoms with E-state index >= 15 is 0 Å². The van der Waals surface area contributed by atoms with Crippen molar-refractivity contribution in [1.82, 2.24) is 4.98 Å². The molecule has 186 valence electrons. The van der Waals surface area contributed by atoms with Crippen LogP contribution in [0, 0.1) is 0 Å². The summed E-state index contributed by atoms with van der Waals surface area (Å²) in [5.74, 6) is 0.923. The normalized spacial score (nSPS) is 15.8. The Labute approximate surface area is 214 Å². The highest BCUT2D eigenvalue weighted by Crippen LogP contribution is 2.54. The van der Waals surface area contributed by atoms with Gasteiger partial charge in [-0.2, -0.15) is 0 Å². The lowest BCUT2D eigenvalue weighted by molar-refractivity contribution is 0.584. The molecule has 0 N–H and O–H groups in total. The predicted molar refractivity (Wildman–Crippen MR) is 152 cm³/mol. The van der Waals surface area contributed by atoms with Crippen molar-refractivity contribution in [3.05, 3.63) is 87.7 Å². The standard InChI is InChI=1S/C34H45N/c1-21(2)24-17-28(33(7,8)9)30-27-14-12-13-23(31(27)34(10,11)29(30)18-24)15-22(3)25-16-26(20-35-19-25)32(4,5)6/h12-14,16-22H,15H2,1-11H3. The van der Waals surface area contributed by atoms with Crippen molar-refractivity contribution >= 4 is 0 Å². The lowest BCUT2D eigenvalue weighted by Crippen LogP contribution is -2.20. The van der Waals surface area contributed by atoms with Crippen LogP contribution in [0.15, 0.2) is 48.8 Å². The summed E-state index contributed by atoms with van der Waals surface area (Å²) in [6, 6.07) is 14.4. The SMILES string of the molecule is CC(C)c1cc(C(C)(C)C)c2c(c1)C(C)(C)c1c(CC(C)c3cncc(C(C)(C)C)c3)cccc1-2. The Kier molecular flexibility index (Phi) is 6.32. The first-order valence-electron chi connectivity index (χ1n) is 13.4. The average Bonchev–Trinajstić information content (AvgIpc) is 2.99. The van der Waals surface area contributed by atoms with E-state index in [9.17, 15) is 0 Å². The van der Waals surface area contributed by atoms with Crippen LogP contribution in [0.25, 0.3) is 11.1 Å². The van der Waals surface area contributed by atoms with Gasteiger partial charge in [-0.05, 0) is 79.2 Å². The lowest BCUT2D eigenvalue weighted by atomic mass is 9.75. The molecule has 0 amide bonds. The van der Waals surface area contributed by atoms with E-state index in [1.165, 1.54) is 50.1 Å². The van der Waals surface area contributed by atoms with Crippen LogP contribution < -0.4 is 0 Å². The van der Waals surface area contributed by atoms with Gasteiger partial charge < -0.3 is 0 Å². The molecule has 1 aromatic heterocycles. The summed E-state index contributed by atoms with van der Waals surface area (Å²) in [4.78, 5) is 4.61. The molecule has 3 aromatic rings. The zero-order chi connectivity index (χ0) is 25.9. The van der Waals surface area contributed by atoms with Gasteiger partial charge in [0, 0.05) is 17.8 Å². The van der Waals surface area contributed by atoms with Gasteiger partial charge in [0.2, 0.25) is 0 Å². The fraction of sp³-hybridized carbons (Fsp3) is 0.500. The van der Waals surface area contributed by atoms with Crippen molar-refractivity contribution in [2.45, 2.75) is 111 Å². The molecule has 0 saturated carbocycles. The summed E-state index contributed by atoms with van der Waals surface area (Å²) in [5.41, 5.74) is 13.2. The van der Waals surface area contributed by atoms with Crippen molar-refractivity contribution in [2.24, 2.45) is 0 Å². The molecule has 0 fully saturated rings. The lowest BCUT2D eigenvalue weighted by Gasteiger charge is -2.28. The van der Waals surface area contributed by atoms with Crippen LogP contribution in [0.4, 0.5) is 0 Å². The molecule has 1 aliphatic carbocycles. The van der Waals surface area contributed by atoms with Crippen molar-refractivity contribution in [1.29, 1.82) is 0 Å². The van der Waals surface area contributed by atoms with E-state index in [0.29, 0.717) is 11.8 Å². The molecule has 0 radical (unpaired) electrons. The number of hydrogen-bond donors (Lipinski definition) is 0. The molecule has 1 heterocycles. The largest absolute Gasteiger partial charge is 0.264 e. The Bertz CT molecular complexity index is 1240. The highest BCUT2D eigenvalue weighted by molar-refractivity contribution is 5.85. The van der Waals surface area contributed by atoms with E-state index in [1.807, 2.05) is 6.20 Å². The fourth-order valence-electron chi connectivity index (χ4n) is 5.81. The molecule has 0 aliphatic heterocycles. The Hall–Kier alpha value is -2.41. The first-order chi connectivity index (χ1) is 16.1. The van der Waals surface area contributed by atoms with Gasteiger partial charge in [0.25, 0.3) is 0 Å². The number of benzene rings is 2. The van der Waals surface area contributed by atoms with Gasteiger partial charge in [0.15, 0.2) is 0 Å². The molecular formula is C34H45N. The zero-order valence-electron chi connectivity index (χ0n) is 23.9. The summed E-state index contributed by atoms with van der Waals surface area (Å²) in [7, 11) is 0. The second kappa shape index (κ2) is 8.61. The number of fused-ring (bicyclic) bond motifs is 3. The molecule has 0 saturated heterocycles. The molecule has 1 aliphatic rings. The van der Waals surface area contributed by atoms with Gasteiger partial charge in [-0.1, -0.05) is 113 Å². The van der Waals surface area contributed by atoms with Crippen molar-refractivity contribution < 1.29 is 0 Å². The fourth-order valence-corrected chi connectivity index (χ4v) is 5.81. The van der Waals surface area contributed by atoms with E-state index < -0.39 is 0 Å². The van der Waals surface area contributed by atoms with Gasteiger partial charge in [0.1, 0.15) is 0 Å². The summed E-state index contributed by atoms with van der Waals surface area (Å²) in [5, 5.41) is 0. The number of rotatable bonds is 4. The third-order valence-corrected chi connectivity index (χ3v) is 8.07. The third kappa shape index (κ3) is 4.59. The Balaban J connectivity index is 1.84. The topological polar surface area (TPSA) is 12.9 Å². The predicted octanol–water partition coefficient (Wildman–Crippen LogP) is 9.45. The number of hydrogen-bond acceptors (Lipinski definition) is 1. The van der Waals surface area contributed by atoms with Crippen LogP contribution in [0.1, 0.15) is 127 Å². The Morgan fingerprint density at radius 1 is 0.829 bits per heavy atom. The quantitative estimate of drug-likeness (QED) is 0.372. The third-order valence-electron chi connectivity index (χ3n) is 8.07. The minimum Gasteiger partial charge on any atom is -0.264 e. The maximum atomic E-state index is 4.61. The van der Waals surface area contributed by atoms with E-state index in [4.69, 9.17) is 0 Å². The first-order valence-corrected chi connectivity index (χ1v) is 13.4. The monoisotopic (exact) mass is 467 g/mol. The summed E-state index contributed by atoms with van der Waals surface area (Å²) in [6.45, 7) is 25.7. The van der Waals surface area contributed by atoms with Crippen molar-refractivity contribution in [3.8, 4) is 11.1 Å². The van der Waals surface area contributed by atoms with Gasteiger partial charge in [-0.25, -0.2) is 0 Å². The van der Waals surface area contributed by atoms with Crippen LogP contribution in [0.5, 0.6) is 0 Å². The Morgan fingerprint density at radius 3 is 2.11 bits per heavy atom. The highest BCUT2D eigenvalue weighted by Gasteiger charge is 2.40. The summed E-state index contributed by atoms with van der Waals surface area (Å²) < 4.78 is 0. The molecule has 1 nitrogen and oxygen atoms in total. The molecule has 1 atom stereocenters. The number of pyridine rings is 1.